The van der Waals surface area contributed by atoms with Crippen molar-refractivity contribution in [3.8, 4) is 5.75 Å². The molecule has 8 nitrogen and oxygen atoms in total. The van der Waals surface area contributed by atoms with E-state index in [9.17, 15) is 9.59 Å². The van der Waals surface area contributed by atoms with Crippen LogP contribution in [0.1, 0.15) is 43.6 Å². The van der Waals surface area contributed by atoms with E-state index < -0.39 is 12.0 Å². The van der Waals surface area contributed by atoms with E-state index in [0.717, 1.165) is 36.3 Å². The fourth-order valence-corrected chi connectivity index (χ4v) is 6.56. The number of hydrogen-bond acceptors (Lipinski definition) is 8. The van der Waals surface area contributed by atoms with E-state index in [1.54, 1.807) is 31.2 Å². The van der Waals surface area contributed by atoms with Crippen LogP contribution in [0.15, 0.2) is 54.2 Å². The van der Waals surface area contributed by atoms with Crippen LogP contribution in [-0.4, -0.2) is 37.8 Å². The van der Waals surface area contributed by atoms with Gasteiger partial charge in [-0.3, -0.25) is 9.36 Å². The van der Waals surface area contributed by atoms with Gasteiger partial charge in [-0.15, -0.1) is 0 Å². The number of carbonyl (C=O) groups is 1. The number of carbonyl (C=O) groups excluding carboxylic acids is 1. The van der Waals surface area contributed by atoms with Crippen molar-refractivity contribution in [3.05, 3.63) is 76.0 Å². The molecule has 2 aliphatic heterocycles. The summed E-state index contributed by atoms with van der Waals surface area (Å²) in [7, 11) is 2.83. The van der Waals surface area contributed by atoms with Gasteiger partial charge in [-0.25, -0.2) is 9.79 Å². The number of furan rings is 1. The van der Waals surface area contributed by atoms with Gasteiger partial charge < -0.3 is 18.8 Å². The summed E-state index contributed by atoms with van der Waals surface area (Å²) in [5.41, 5.74) is 0.956. The molecule has 5 rings (SSSR count). The van der Waals surface area contributed by atoms with Gasteiger partial charge in [0.1, 0.15) is 17.6 Å². The lowest BCUT2D eigenvalue weighted by atomic mass is 9.95. The molecule has 1 aromatic carbocycles. The summed E-state index contributed by atoms with van der Waals surface area (Å²) in [6.45, 7) is 3.59. The second-order valence-electron chi connectivity index (χ2n) is 8.81. The third-order valence-electron chi connectivity index (χ3n) is 6.52. The molecule has 0 amide bonds. The Labute approximate surface area is 230 Å². The van der Waals surface area contributed by atoms with Crippen LogP contribution in [0.25, 0.3) is 6.08 Å². The molecule has 37 heavy (non-hydrogen) atoms. The van der Waals surface area contributed by atoms with Gasteiger partial charge in [0.05, 0.1) is 34.5 Å². The summed E-state index contributed by atoms with van der Waals surface area (Å²) in [5, 5.41) is 0.447. The number of esters is 1. The van der Waals surface area contributed by atoms with Gasteiger partial charge in [0.2, 0.25) is 5.88 Å². The average molecular weight is 607 g/mol. The molecule has 0 bridgehead atoms. The molecule has 2 aromatic heterocycles. The lowest BCUT2D eigenvalue weighted by Crippen LogP contribution is -2.40. The first-order chi connectivity index (χ1) is 17.8. The Balaban J connectivity index is 1.68. The second kappa shape index (κ2) is 10.5. The van der Waals surface area contributed by atoms with Crippen LogP contribution in [0, 0.1) is 0 Å². The Bertz CT molecular complexity index is 1580. The zero-order valence-electron chi connectivity index (χ0n) is 20.5. The Morgan fingerprint density at radius 1 is 1.24 bits per heavy atom. The molecule has 0 saturated carbocycles. The molecule has 194 valence electrons. The van der Waals surface area contributed by atoms with E-state index in [4.69, 9.17) is 25.5 Å². The van der Waals surface area contributed by atoms with Crippen LogP contribution in [0.5, 0.6) is 5.75 Å². The van der Waals surface area contributed by atoms with Crippen molar-refractivity contribution in [2.24, 2.45) is 4.99 Å². The van der Waals surface area contributed by atoms with E-state index >= 15 is 0 Å². The van der Waals surface area contributed by atoms with Crippen molar-refractivity contribution in [3.63, 3.8) is 0 Å². The molecule has 1 atom stereocenters. The van der Waals surface area contributed by atoms with Crippen molar-refractivity contribution < 1.29 is 18.7 Å². The summed E-state index contributed by atoms with van der Waals surface area (Å²) >= 11 is 11.2. The van der Waals surface area contributed by atoms with E-state index in [1.165, 1.54) is 36.5 Å². The van der Waals surface area contributed by atoms with Crippen molar-refractivity contribution in [2.75, 3.05) is 32.2 Å². The average Bonchev–Trinajstić information content (AvgIpc) is 3.41. The van der Waals surface area contributed by atoms with Gasteiger partial charge in [-0.2, -0.15) is 0 Å². The third-order valence-corrected chi connectivity index (χ3v) is 8.30. The summed E-state index contributed by atoms with van der Waals surface area (Å²) in [6.07, 6.45) is 5.17. The minimum absolute atomic E-state index is 0.246. The molecule has 0 aliphatic carbocycles. The van der Waals surface area contributed by atoms with Gasteiger partial charge in [0.25, 0.3) is 5.56 Å². The van der Waals surface area contributed by atoms with Crippen molar-refractivity contribution >= 4 is 56.8 Å². The fraction of sp³-hybridized carbons (Fsp3) is 0.346. The highest BCUT2D eigenvalue weighted by Crippen LogP contribution is 2.37. The standard InChI is InChI=1S/C26H25BrClN3O5S/c1-14-21(25(33)35-3)22(17-11-15(28)7-8-19(17)34-2)31-23(32)20(37-26(31)29-14)13-16-12-18(27)24(36-16)30-9-5-4-6-10-30/h7-8,11-13,22H,4-6,9-10H2,1-3H3/b20-13-/t22-/m0/s1. The van der Waals surface area contributed by atoms with Crippen molar-refractivity contribution in [1.29, 1.82) is 0 Å². The van der Waals surface area contributed by atoms with E-state index in [0.29, 0.717) is 37.1 Å². The maximum absolute atomic E-state index is 13.8. The number of hydrogen-bond donors (Lipinski definition) is 0. The van der Waals surface area contributed by atoms with Crippen molar-refractivity contribution in [1.82, 2.24) is 4.57 Å². The number of fused-ring (bicyclic) bond motifs is 1. The van der Waals surface area contributed by atoms with E-state index in [2.05, 4.69) is 25.8 Å². The van der Waals surface area contributed by atoms with Crippen LogP contribution < -0.4 is 24.5 Å². The molecule has 0 unspecified atom stereocenters. The normalized spacial score (nSPS) is 18.0. The number of allylic oxidation sites excluding steroid dienone is 1. The first-order valence-electron chi connectivity index (χ1n) is 11.8. The van der Waals surface area contributed by atoms with Crippen LogP contribution in [0.3, 0.4) is 0 Å². The minimum atomic E-state index is -0.827. The van der Waals surface area contributed by atoms with Crippen LogP contribution in [0.2, 0.25) is 5.02 Å². The lowest BCUT2D eigenvalue weighted by molar-refractivity contribution is -0.136. The number of halogens is 2. The predicted octanol–water partition coefficient (Wildman–Crippen LogP) is 4.42. The number of benzene rings is 1. The zero-order valence-corrected chi connectivity index (χ0v) is 23.7. The number of thiazole rings is 1. The first-order valence-corrected chi connectivity index (χ1v) is 13.8. The molecular weight excluding hydrogens is 582 g/mol. The lowest BCUT2D eigenvalue weighted by Gasteiger charge is -2.26. The number of ether oxygens (including phenoxy) is 2. The number of rotatable bonds is 5. The van der Waals surface area contributed by atoms with Gasteiger partial charge in [0.15, 0.2) is 4.80 Å². The first kappa shape index (κ1) is 25.8. The molecular formula is C26H25BrClN3O5S. The quantitative estimate of drug-likeness (QED) is 0.400. The molecule has 3 aromatic rings. The Hall–Kier alpha value is -2.82. The molecule has 1 saturated heterocycles. The number of aromatic nitrogens is 1. The molecule has 2 aliphatic rings. The summed E-state index contributed by atoms with van der Waals surface area (Å²) in [6, 6.07) is 6.13. The van der Waals surface area contributed by atoms with E-state index in [1.807, 2.05) is 6.07 Å². The van der Waals surface area contributed by atoms with E-state index in [-0.39, 0.29) is 11.1 Å². The van der Waals surface area contributed by atoms with Crippen LogP contribution in [-0.2, 0) is 9.53 Å². The second-order valence-corrected chi connectivity index (χ2v) is 11.1. The summed E-state index contributed by atoms with van der Waals surface area (Å²) in [4.78, 5) is 34.0. The molecule has 11 heteroatoms. The molecule has 0 spiro atoms. The Morgan fingerprint density at radius 2 is 2.00 bits per heavy atom. The third kappa shape index (κ3) is 4.78. The summed E-state index contributed by atoms with van der Waals surface area (Å²) < 4.78 is 19.5. The molecule has 0 N–H and O–H groups in total. The monoisotopic (exact) mass is 605 g/mol. The zero-order chi connectivity index (χ0) is 26.3. The van der Waals surface area contributed by atoms with Crippen LogP contribution in [0.4, 0.5) is 5.88 Å². The number of methoxy groups -OCH3 is 2. The Kier molecular flexibility index (Phi) is 7.33. The fourth-order valence-electron chi connectivity index (χ4n) is 4.80. The molecule has 4 heterocycles. The van der Waals surface area contributed by atoms with Crippen LogP contribution >= 0.6 is 38.9 Å². The maximum Gasteiger partial charge on any atom is 0.338 e. The number of nitrogens with zero attached hydrogens (tertiary/aromatic N) is 3. The number of piperidine rings is 1. The molecule has 1 fully saturated rings. The number of anilines is 1. The topological polar surface area (TPSA) is 86.3 Å². The summed E-state index contributed by atoms with van der Waals surface area (Å²) in [5.74, 6) is 1.23. The highest BCUT2D eigenvalue weighted by molar-refractivity contribution is 9.10. The maximum atomic E-state index is 13.8. The molecule has 0 radical (unpaired) electrons. The van der Waals surface area contributed by atoms with Gasteiger partial charge >= 0.3 is 5.97 Å². The predicted molar refractivity (Wildman–Crippen MR) is 146 cm³/mol. The van der Waals surface area contributed by atoms with Gasteiger partial charge in [0, 0.05) is 35.8 Å². The van der Waals surface area contributed by atoms with Crippen molar-refractivity contribution in [2.45, 2.75) is 32.2 Å². The minimum Gasteiger partial charge on any atom is -0.496 e. The highest BCUT2D eigenvalue weighted by Gasteiger charge is 2.35. The SMILES string of the molecule is COC(=O)C1=C(C)N=c2s/c(=C\c3cc(Br)c(N4CCCCC4)o3)c(=O)n2[C@H]1c1cc(Cl)ccc1OC. The highest BCUT2D eigenvalue weighted by atomic mass is 79.9. The smallest absolute Gasteiger partial charge is 0.338 e. The van der Waals surface area contributed by atoms with Gasteiger partial charge in [-0.05, 0) is 60.3 Å². The largest absolute Gasteiger partial charge is 0.496 e. The van der Waals surface area contributed by atoms with Gasteiger partial charge in [-0.1, -0.05) is 22.9 Å². The Morgan fingerprint density at radius 3 is 2.70 bits per heavy atom.